The standard InChI is InChI=1S/C14H12F2N2O3S2/c15-9-5-6-10(16)13(7-9)23(20,21)18-11-3-1-2-4-12(11)22-8-14(17)19/h1-7,18H,8H2,(H2,17,19). The highest BCUT2D eigenvalue weighted by molar-refractivity contribution is 8.00. The quantitative estimate of drug-likeness (QED) is 0.776. The Balaban J connectivity index is 2.34. The zero-order valence-electron chi connectivity index (χ0n) is 11.6. The molecule has 0 atom stereocenters. The van der Waals surface area contributed by atoms with E-state index in [0.29, 0.717) is 11.0 Å². The smallest absolute Gasteiger partial charge is 0.264 e. The SMILES string of the molecule is NC(=O)CSc1ccccc1NS(=O)(=O)c1cc(F)ccc1F. The zero-order chi connectivity index (χ0) is 17.0. The molecule has 2 aromatic rings. The Hall–Kier alpha value is -2.13. The molecule has 0 aliphatic carbocycles. The highest BCUT2D eigenvalue weighted by Gasteiger charge is 2.21. The van der Waals surface area contributed by atoms with Crippen molar-refractivity contribution in [2.24, 2.45) is 5.73 Å². The average Bonchev–Trinajstić information content (AvgIpc) is 2.48. The molecule has 1 amide bonds. The predicted molar refractivity (Wildman–Crippen MR) is 83.5 cm³/mol. The van der Waals surface area contributed by atoms with Crippen LogP contribution in [0, 0.1) is 11.6 Å². The number of anilines is 1. The maximum atomic E-state index is 13.7. The lowest BCUT2D eigenvalue weighted by molar-refractivity contribution is -0.115. The molecule has 3 N–H and O–H groups in total. The molecule has 23 heavy (non-hydrogen) atoms. The first-order chi connectivity index (χ1) is 10.8. The molecule has 0 unspecified atom stereocenters. The molecule has 122 valence electrons. The van der Waals surface area contributed by atoms with Crippen molar-refractivity contribution in [2.75, 3.05) is 10.5 Å². The van der Waals surface area contributed by atoms with Crippen LogP contribution in [0.5, 0.6) is 0 Å². The van der Waals surface area contributed by atoms with Crippen LogP contribution in [0.3, 0.4) is 0 Å². The van der Waals surface area contributed by atoms with Crippen molar-refractivity contribution in [3.05, 3.63) is 54.1 Å². The Labute approximate surface area is 135 Å². The fourth-order valence-electron chi connectivity index (χ4n) is 1.71. The van der Waals surface area contributed by atoms with Crippen LogP contribution in [0.15, 0.2) is 52.3 Å². The molecule has 0 saturated carbocycles. The van der Waals surface area contributed by atoms with E-state index in [9.17, 15) is 22.0 Å². The lowest BCUT2D eigenvalue weighted by Crippen LogP contribution is -2.16. The number of carbonyl (C=O) groups is 1. The minimum Gasteiger partial charge on any atom is -0.369 e. The molecule has 2 aromatic carbocycles. The van der Waals surface area contributed by atoms with Gasteiger partial charge in [-0.05, 0) is 30.3 Å². The first kappa shape index (κ1) is 17.2. The maximum Gasteiger partial charge on any atom is 0.264 e. The van der Waals surface area contributed by atoms with Crippen molar-refractivity contribution in [2.45, 2.75) is 9.79 Å². The van der Waals surface area contributed by atoms with Crippen LogP contribution in [0.4, 0.5) is 14.5 Å². The number of nitrogens with two attached hydrogens (primary N) is 1. The predicted octanol–water partition coefficient (Wildman–Crippen LogP) is 2.34. The fraction of sp³-hybridized carbons (Fsp3) is 0.0714. The van der Waals surface area contributed by atoms with E-state index in [-0.39, 0.29) is 11.4 Å². The summed E-state index contributed by atoms with van der Waals surface area (Å²) >= 11 is 1.03. The number of carbonyl (C=O) groups excluding carboxylic acids is 1. The Morgan fingerprint density at radius 3 is 2.57 bits per heavy atom. The maximum absolute atomic E-state index is 13.7. The van der Waals surface area contributed by atoms with Gasteiger partial charge in [0.25, 0.3) is 10.0 Å². The number of primary amides is 1. The van der Waals surface area contributed by atoms with Gasteiger partial charge in [0, 0.05) is 4.90 Å². The summed E-state index contributed by atoms with van der Waals surface area (Å²) in [5, 5.41) is 0. The van der Waals surface area contributed by atoms with Gasteiger partial charge < -0.3 is 5.73 Å². The van der Waals surface area contributed by atoms with Crippen molar-refractivity contribution >= 4 is 33.4 Å². The lowest BCUT2D eigenvalue weighted by atomic mass is 10.3. The number of hydrogen-bond donors (Lipinski definition) is 2. The first-order valence-electron chi connectivity index (χ1n) is 6.27. The zero-order valence-corrected chi connectivity index (χ0v) is 13.3. The molecule has 0 aliphatic heterocycles. The van der Waals surface area contributed by atoms with E-state index < -0.39 is 32.5 Å². The molecule has 0 spiro atoms. The van der Waals surface area contributed by atoms with E-state index in [1.165, 1.54) is 6.07 Å². The molecule has 0 aromatic heterocycles. The third kappa shape index (κ3) is 4.42. The molecule has 5 nitrogen and oxygen atoms in total. The number of sulfonamides is 1. The van der Waals surface area contributed by atoms with Crippen LogP contribution >= 0.6 is 11.8 Å². The van der Waals surface area contributed by atoms with Gasteiger partial charge in [0.1, 0.15) is 16.5 Å². The molecule has 9 heteroatoms. The molecule has 0 radical (unpaired) electrons. The van der Waals surface area contributed by atoms with Crippen molar-refractivity contribution < 1.29 is 22.0 Å². The summed E-state index contributed by atoms with van der Waals surface area (Å²) in [7, 11) is -4.32. The first-order valence-corrected chi connectivity index (χ1v) is 8.74. The van der Waals surface area contributed by atoms with E-state index in [1.807, 2.05) is 0 Å². The molecule has 0 fully saturated rings. The van der Waals surface area contributed by atoms with Crippen molar-refractivity contribution in [1.82, 2.24) is 0 Å². The van der Waals surface area contributed by atoms with Crippen molar-refractivity contribution in [3.63, 3.8) is 0 Å². The van der Waals surface area contributed by atoms with E-state index in [4.69, 9.17) is 5.73 Å². The number of para-hydroxylation sites is 1. The van der Waals surface area contributed by atoms with Crippen LogP contribution in [-0.4, -0.2) is 20.1 Å². The minimum atomic E-state index is -4.32. The third-order valence-corrected chi connectivity index (χ3v) is 5.16. The van der Waals surface area contributed by atoms with Crippen molar-refractivity contribution in [1.29, 1.82) is 0 Å². The van der Waals surface area contributed by atoms with Crippen LogP contribution in [-0.2, 0) is 14.8 Å². The van der Waals surface area contributed by atoms with Gasteiger partial charge in [-0.2, -0.15) is 0 Å². The van der Waals surface area contributed by atoms with Gasteiger partial charge in [0.05, 0.1) is 11.4 Å². The molecular formula is C14H12F2N2O3S2. The normalized spacial score (nSPS) is 11.2. The molecule has 0 heterocycles. The highest BCUT2D eigenvalue weighted by atomic mass is 32.2. The Kier molecular flexibility index (Phi) is 5.22. The second-order valence-corrected chi connectivity index (χ2v) is 7.10. The van der Waals surface area contributed by atoms with E-state index >= 15 is 0 Å². The van der Waals surface area contributed by atoms with Crippen molar-refractivity contribution in [3.8, 4) is 0 Å². The molecule has 2 rings (SSSR count). The lowest BCUT2D eigenvalue weighted by Gasteiger charge is -2.12. The van der Waals surface area contributed by atoms with Gasteiger partial charge in [-0.25, -0.2) is 17.2 Å². The number of rotatable bonds is 6. The second-order valence-electron chi connectivity index (χ2n) is 4.43. The van der Waals surface area contributed by atoms with E-state index in [0.717, 1.165) is 23.9 Å². The Morgan fingerprint density at radius 2 is 1.87 bits per heavy atom. The number of halogens is 2. The third-order valence-electron chi connectivity index (χ3n) is 2.68. The fourth-order valence-corrected chi connectivity index (χ4v) is 3.69. The molecular weight excluding hydrogens is 346 g/mol. The minimum absolute atomic E-state index is 0.0485. The Bertz CT molecular complexity index is 842. The summed E-state index contributed by atoms with van der Waals surface area (Å²) in [4.78, 5) is 10.5. The monoisotopic (exact) mass is 358 g/mol. The average molecular weight is 358 g/mol. The number of thioether (sulfide) groups is 1. The molecule has 0 aliphatic rings. The second kappa shape index (κ2) is 6.97. The molecule has 0 bridgehead atoms. The van der Waals surface area contributed by atoms with Gasteiger partial charge in [-0.3, -0.25) is 9.52 Å². The number of benzene rings is 2. The number of hydrogen-bond acceptors (Lipinski definition) is 4. The van der Waals surface area contributed by atoms with E-state index in [2.05, 4.69) is 4.72 Å². The summed E-state index contributed by atoms with van der Waals surface area (Å²) < 4.78 is 53.5. The summed E-state index contributed by atoms with van der Waals surface area (Å²) in [6, 6.07) is 8.38. The Morgan fingerprint density at radius 1 is 1.17 bits per heavy atom. The topological polar surface area (TPSA) is 89.3 Å². The van der Waals surface area contributed by atoms with Crippen LogP contribution in [0.25, 0.3) is 0 Å². The summed E-state index contributed by atoms with van der Waals surface area (Å²) in [6.07, 6.45) is 0. The van der Waals surface area contributed by atoms with Gasteiger partial charge in [-0.15, -0.1) is 11.8 Å². The van der Waals surface area contributed by atoms with Gasteiger partial charge >= 0.3 is 0 Å². The van der Waals surface area contributed by atoms with Crippen LogP contribution in [0.1, 0.15) is 0 Å². The van der Waals surface area contributed by atoms with Gasteiger partial charge in [-0.1, -0.05) is 12.1 Å². The summed E-state index contributed by atoms with van der Waals surface area (Å²) in [5.41, 5.74) is 5.20. The number of nitrogens with one attached hydrogen (secondary N) is 1. The summed E-state index contributed by atoms with van der Waals surface area (Å²) in [5.74, 6) is -2.55. The largest absolute Gasteiger partial charge is 0.369 e. The van der Waals surface area contributed by atoms with Gasteiger partial charge in [0.2, 0.25) is 5.91 Å². The van der Waals surface area contributed by atoms with E-state index in [1.54, 1.807) is 18.2 Å². The molecule has 0 saturated heterocycles. The van der Waals surface area contributed by atoms with Gasteiger partial charge in [0.15, 0.2) is 0 Å². The summed E-state index contributed by atoms with van der Waals surface area (Å²) in [6.45, 7) is 0. The highest BCUT2D eigenvalue weighted by Crippen LogP contribution is 2.29. The van der Waals surface area contributed by atoms with Crippen LogP contribution < -0.4 is 10.5 Å². The van der Waals surface area contributed by atoms with Crippen LogP contribution in [0.2, 0.25) is 0 Å². The number of amides is 1.